The van der Waals surface area contributed by atoms with Crippen LogP contribution in [0.4, 0.5) is 0 Å². The summed E-state index contributed by atoms with van der Waals surface area (Å²) in [4.78, 5) is 15.6. The highest BCUT2D eigenvalue weighted by molar-refractivity contribution is 5.74. The van der Waals surface area contributed by atoms with E-state index in [2.05, 4.69) is 49.9 Å². The van der Waals surface area contributed by atoms with Gasteiger partial charge in [-0.15, -0.1) is 0 Å². The predicted octanol–water partition coefficient (Wildman–Crippen LogP) is 0.994. The van der Waals surface area contributed by atoms with E-state index in [-0.39, 0.29) is 0 Å². The number of rotatable bonds is 3. The van der Waals surface area contributed by atoms with Crippen molar-refractivity contribution in [2.75, 3.05) is 46.3 Å². The lowest BCUT2D eigenvalue weighted by Crippen LogP contribution is -2.62. The summed E-state index contributed by atoms with van der Waals surface area (Å²) in [6.07, 6.45) is 0. The van der Waals surface area contributed by atoms with E-state index in [0.717, 1.165) is 29.4 Å². The zero-order chi connectivity index (χ0) is 14.2. The fourth-order valence-electron chi connectivity index (χ4n) is 3.38. The molecule has 0 spiro atoms. The van der Waals surface area contributed by atoms with Crippen LogP contribution in [0, 0.1) is 0 Å². The van der Waals surface area contributed by atoms with E-state index < -0.39 is 0 Å². The summed E-state index contributed by atoms with van der Waals surface area (Å²) in [5.74, 6) is 1.09. The number of hydrogen-bond acceptors (Lipinski definition) is 4. The number of aromatic nitrogens is 2. The van der Waals surface area contributed by atoms with Crippen molar-refractivity contribution in [3.8, 4) is 0 Å². The van der Waals surface area contributed by atoms with E-state index in [1.54, 1.807) is 0 Å². The number of fused-ring (bicyclic) bond motifs is 1. The van der Waals surface area contributed by atoms with Gasteiger partial charge in [-0.1, -0.05) is 12.1 Å². The molecule has 2 aliphatic rings. The molecule has 4 rings (SSSR count). The Morgan fingerprint density at radius 1 is 1.14 bits per heavy atom. The van der Waals surface area contributed by atoms with E-state index in [9.17, 15) is 0 Å². The SMILES string of the molecule is CN1CCN(C2CN(Cc3nc4ccccc4[nH]3)C2)CC1. The fraction of sp³-hybridized carbons (Fsp3) is 0.562. The van der Waals surface area contributed by atoms with E-state index in [1.807, 2.05) is 6.07 Å². The van der Waals surface area contributed by atoms with Gasteiger partial charge in [-0.2, -0.15) is 0 Å². The molecule has 5 nitrogen and oxygen atoms in total. The Hall–Kier alpha value is -1.43. The third-order valence-corrected chi connectivity index (χ3v) is 4.80. The summed E-state index contributed by atoms with van der Waals surface area (Å²) >= 11 is 0. The molecule has 0 saturated carbocycles. The standard InChI is InChI=1S/C16H23N5/c1-19-6-8-21(9-7-19)13-10-20(11-13)12-16-17-14-4-2-3-5-15(14)18-16/h2-5,13H,6-12H2,1H3,(H,17,18). The molecule has 2 aromatic rings. The first kappa shape index (κ1) is 13.2. The van der Waals surface area contributed by atoms with E-state index in [1.165, 1.54) is 39.3 Å². The molecule has 0 atom stereocenters. The summed E-state index contributed by atoms with van der Waals surface area (Å²) < 4.78 is 0. The lowest BCUT2D eigenvalue weighted by Gasteiger charge is -2.47. The number of likely N-dealkylation sites (N-methyl/N-ethyl adjacent to an activating group) is 1. The lowest BCUT2D eigenvalue weighted by molar-refractivity contribution is 0.00441. The average molecular weight is 285 g/mol. The summed E-state index contributed by atoms with van der Waals surface area (Å²) in [6, 6.07) is 9.01. The number of para-hydroxylation sites is 2. The van der Waals surface area contributed by atoms with Crippen LogP contribution in [0.1, 0.15) is 5.82 Å². The summed E-state index contributed by atoms with van der Waals surface area (Å²) in [5, 5.41) is 0. The molecular formula is C16H23N5. The highest BCUT2D eigenvalue weighted by Crippen LogP contribution is 2.19. The molecule has 2 aliphatic heterocycles. The molecule has 1 N–H and O–H groups in total. The molecule has 2 saturated heterocycles. The van der Waals surface area contributed by atoms with Crippen LogP contribution >= 0.6 is 0 Å². The van der Waals surface area contributed by atoms with Gasteiger partial charge >= 0.3 is 0 Å². The van der Waals surface area contributed by atoms with Gasteiger partial charge in [0.2, 0.25) is 0 Å². The molecule has 5 heteroatoms. The molecule has 0 amide bonds. The number of H-pyrrole nitrogens is 1. The van der Waals surface area contributed by atoms with Crippen molar-refractivity contribution >= 4 is 11.0 Å². The van der Waals surface area contributed by atoms with Crippen molar-refractivity contribution in [3.05, 3.63) is 30.1 Å². The molecule has 0 bridgehead atoms. The van der Waals surface area contributed by atoms with Crippen molar-refractivity contribution in [2.24, 2.45) is 0 Å². The van der Waals surface area contributed by atoms with Gasteiger partial charge in [0, 0.05) is 45.3 Å². The Morgan fingerprint density at radius 3 is 2.67 bits per heavy atom. The van der Waals surface area contributed by atoms with Crippen molar-refractivity contribution in [1.29, 1.82) is 0 Å². The smallest absolute Gasteiger partial charge is 0.121 e. The first-order valence-electron chi connectivity index (χ1n) is 7.86. The number of aromatic amines is 1. The highest BCUT2D eigenvalue weighted by atomic mass is 15.3. The predicted molar refractivity (Wildman–Crippen MR) is 84.2 cm³/mol. The minimum atomic E-state index is 0.753. The van der Waals surface area contributed by atoms with Crippen LogP contribution in [0.2, 0.25) is 0 Å². The maximum atomic E-state index is 4.66. The number of hydrogen-bond donors (Lipinski definition) is 1. The Balaban J connectivity index is 1.32. The average Bonchev–Trinajstić information content (AvgIpc) is 2.86. The molecule has 0 unspecified atom stereocenters. The Morgan fingerprint density at radius 2 is 1.90 bits per heavy atom. The van der Waals surface area contributed by atoms with Crippen molar-refractivity contribution in [1.82, 2.24) is 24.7 Å². The molecule has 3 heterocycles. The molecule has 0 aliphatic carbocycles. The number of likely N-dealkylation sites (tertiary alicyclic amines) is 1. The first-order valence-corrected chi connectivity index (χ1v) is 7.86. The Kier molecular flexibility index (Phi) is 3.41. The molecular weight excluding hydrogens is 262 g/mol. The van der Waals surface area contributed by atoms with Crippen LogP contribution in [0.25, 0.3) is 11.0 Å². The van der Waals surface area contributed by atoms with E-state index in [4.69, 9.17) is 0 Å². The number of benzene rings is 1. The second-order valence-corrected chi connectivity index (χ2v) is 6.39. The number of nitrogens with one attached hydrogen (secondary N) is 1. The summed E-state index contributed by atoms with van der Waals surface area (Å²) in [7, 11) is 2.21. The monoisotopic (exact) mass is 285 g/mol. The second kappa shape index (κ2) is 5.40. The van der Waals surface area contributed by atoms with Gasteiger partial charge in [-0.3, -0.25) is 9.80 Å². The van der Waals surface area contributed by atoms with Gasteiger partial charge < -0.3 is 9.88 Å². The molecule has 112 valence electrons. The van der Waals surface area contributed by atoms with Crippen molar-refractivity contribution in [3.63, 3.8) is 0 Å². The van der Waals surface area contributed by atoms with E-state index >= 15 is 0 Å². The molecule has 21 heavy (non-hydrogen) atoms. The van der Waals surface area contributed by atoms with E-state index in [0.29, 0.717) is 0 Å². The second-order valence-electron chi connectivity index (χ2n) is 6.39. The third-order valence-electron chi connectivity index (χ3n) is 4.80. The van der Waals surface area contributed by atoms with Crippen LogP contribution in [-0.4, -0.2) is 77.0 Å². The normalized spacial score (nSPS) is 22.7. The van der Waals surface area contributed by atoms with Crippen molar-refractivity contribution in [2.45, 2.75) is 12.6 Å². The van der Waals surface area contributed by atoms with Gasteiger partial charge in [0.25, 0.3) is 0 Å². The minimum Gasteiger partial charge on any atom is -0.341 e. The summed E-state index contributed by atoms with van der Waals surface area (Å²) in [5.41, 5.74) is 2.22. The quantitative estimate of drug-likeness (QED) is 0.913. The topological polar surface area (TPSA) is 38.4 Å². The Labute approximate surface area is 125 Å². The highest BCUT2D eigenvalue weighted by Gasteiger charge is 2.33. The molecule has 2 fully saturated rings. The fourth-order valence-corrected chi connectivity index (χ4v) is 3.38. The van der Waals surface area contributed by atoms with Crippen LogP contribution in [-0.2, 0) is 6.54 Å². The molecule has 1 aromatic carbocycles. The number of piperazine rings is 1. The first-order chi connectivity index (χ1) is 10.3. The molecule has 0 radical (unpaired) electrons. The van der Waals surface area contributed by atoms with Crippen LogP contribution in [0.5, 0.6) is 0 Å². The maximum Gasteiger partial charge on any atom is 0.121 e. The maximum absolute atomic E-state index is 4.66. The van der Waals surface area contributed by atoms with Gasteiger partial charge in [0.15, 0.2) is 0 Å². The Bertz CT molecular complexity index is 575. The van der Waals surface area contributed by atoms with Gasteiger partial charge in [-0.05, 0) is 19.2 Å². The minimum absolute atomic E-state index is 0.753. The number of nitrogens with zero attached hydrogens (tertiary/aromatic N) is 4. The zero-order valence-corrected chi connectivity index (χ0v) is 12.6. The largest absolute Gasteiger partial charge is 0.341 e. The van der Waals surface area contributed by atoms with Gasteiger partial charge in [0.05, 0.1) is 17.6 Å². The number of imidazole rings is 1. The van der Waals surface area contributed by atoms with Crippen LogP contribution < -0.4 is 0 Å². The lowest BCUT2D eigenvalue weighted by atomic mass is 10.1. The van der Waals surface area contributed by atoms with Crippen LogP contribution in [0.15, 0.2) is 24.3 Å². The van der Waals surface area contributed by atoms with Gasteiger partial charge in [0.1, 0.15) is 5.82 Å². The molecule has 1 aromatic heterocycles. The zero-order valence-electron chi connectivity index (χ0n) is 12.6. The third kappa shape index (κ3) is 2.69. The summed E-state index contributed by atoms with van der Waals surface area (Å²) in [6.45, 7) is 8.17. The van der Waals surface area contributed by atoms with Gasteiger partial charge in [-0.25, -0.2) is 4.98 Å². The van der Waals surface area contributed by atoms with Crippen molar-refractivity contribution < 1.29 is 0 Å². The van der Waals surface area contributed by atoms with Crippen LogP contribution in [0.3, 0.4) is 0 Å².